The van der Waals surface area contributed by atoms with Crippen LogP contribution >= 0.6 is 15.9 Å². The Labute approximate surface area is 101 Å². The summed E-state index contributed by atoms with van der Waals surface area (Å²) in [6.07, 6.45) is 1.96. The van der Waals surface area contributed by atoms with Gasteiger partial charge in [0.05, 0.1) is 16.0 Å². The minimum atomic E-state index is -0.920. The van der Waals surface area contributed by atoms with E-state index in [4.69, 9.17) is 5.73 Å². The fourth-order valence-electron chi connectivity index (χ4n) is 2.03. The van der Waals surface area contributed by atoms with E-state index in [0.29, 0.717) is 0 Å². The number of benzene rings is 1. The molecule has 1 aliphatic rings. The Morgan fingerprint density at radius 2 is 2.27 bits per heavy atom. The minimum absolute atomic E-state index is 0.0710. The number of halogens is 1. The number of rotatable bonds is 2. The molecule has 2 rings (SSSR count). The first-order valence-electron chi connectivity index (χ1n) is 5.10. The highest BCUT2D eigenvalue weighted by molar-refractivity contribution is 9.10. The van der Waals surface area contributed by atoms with E-state index in [-0.39, 0.29) is 11.3 Å². The summed E-state index contributed by atoms with van der Waals surface area (Å²) in [6, 6.07) is 5.77. The summed E-state index contributed by atoms with van der Waals surface area (Å²) in [7, 11) is -0.920. The summed E-state index contributed by atoms with van der Waals surface area (Å²) in [5.74, 6) is 0. The van der Waals surface area contributed by atoms with E-state index in [9.17, 15) is 4.21 Å². The van der Waals surface area contributed by atoms with E-state index in [1.807, 2.05) is 18.2 Å². The lowest BCUT2D eigenvalue weighted by molar-refractivity contribution is 0.606. The van der Waals surface area contributed by atoms with Gasteiger partial charge in [0.15, 0.2) is 0 Å². The second-order valence-electron chi connectivity index (χ2n) is 3.83. The molecule has 4 heteroatoms. The Balaban J connectivity index is 2.41. The first-order valence-corrected chi connectivity index (χ1v) is 7.11. The molecule has 15 heavy (non-hydrogen) atoms. The van der Waals surface area contributed by atoms with Gasteiger partial charge < -0.3 is 5.73 Å². The predicted octanol–water partition coefficient (Wildman–Crippen LogP) is 2.74. The molecular weight excluding hydrogens is 274 g/mol. The zero-order chi connectivity index (χ0) is 11.0. The number of fused-ring (bicyclic) bond motifs is 1. The van der Waals surface area contributed by atoms with Crippen molar-refractivity contribution in [1.29, 1.82) is 0 Å². The van der Waals surface area contributed by atoms with Crippen LogP contribution in [0.4, 0.5) is 0 Å². The van der Waals surface area contributed by atoms with Gasteiger partial charge in [-0.25, -0.2) is 0 Å². The van der Waals surface area contributed by atoms with E-state index in [0.717, 1.165) is 27.8 Å². The Hall–Kier alpha value is -0.190. The molecule has 0 saturated heterocycles. The van der Waals surface area contributed by atoms with Gasteiger partial charge in [-0.05, 0) is 30.2 Å². The molecule has 0 fully saturated rings. The van der Waals surface area contributed by atoms with Crippen LogP contribution in [0.25, 0.3) is 0 Å². The fourth-order valence-corrected chi connectivity index (χ4v) is 4.23. The van der Waals surface area contributed by atoms with Crippen LogP contribution in [-0.4, -0.2) is 9.46 Å². The SMILES string of the molecule is CCCC1C(N)c2cc(Br)ccc2S1=O. The zero-order valence-corrected chi connectivity index (χ0v) is 11.0. The Morgan fingerprint density at radius 3 is 2.93 bits per heavy atom. The number of nitrogens with two attached hydrogens (primary N) is 1. The fraction of sp³-hybridized carbons (Fsp3) is 0.455. The second-order valence-corrected chi connectivity index (χ2v) is 6.39. The van der Waals surface area contributed by atoms with Gasteiger partial charge >= 0.3 is 0 Å². The standard InChI is InChI=1S/C11H14BrNOS/c1-2-3-10-11(13)8-6-7(12)4-5-9(8)15(10)14/h4-6,10-11H,2-3,13H2,1H3. The van der Waals surface area contributed by atoms with Gasteiger partial charge in [-0.1, -0.05) is 29.3 Å². The molecule has 1 heterocycles. The van der Waals surface area contributed by atoms with Crippen molar-refractivity contribution in [1.82, 2.24) is 0 Å². The molecule has 2 nitrogen and oxygen atoms in total. The largest absolute Gasteiger partial charge is 0.323 e. The summed E-state index contributed by atoms with van der Waals surface area (Å²) in [4.78, 5) is 0.921. The lowest BCUT2D eigenvalue weighted by Crippen LogP contribution is -2.23. The molecule has 1 aromatic rings. The van der Waals surface area contributed by atoms with E-state index in [1.165, 1.54) is 0 Å². The summed E-state index contributed by atoms with van der Waals surface area (Å²) in [6.45, 7) is 2.10. The molecule has 0 spiro atoms. The summed E-state index contributed by atoms with van der Waals surface area (Å²) < 4.78 is 13.1. The van der Waals surface area contributed by atoms with Crippen molar-refractivity contribution in [2.45, 2.75) is 36.0 Å². The van der Waals surface area contributed by atoms with Gasteiger partial charge in [-0.2, -0.15) is 0 Å². The maximum atomic E-state index is 12.1. The van der Waals surface area contributed by atoms with Crippen LogP contribution in [0.15, 0.2) is 27.6 Å². The van der Waals surface area contributed by atoms with E-state index in [2.05, 4.69) is 22.9 Å². The molecule has 0 aromatic heterocycles. The number of hydrogen-bond donors (Lipinski definition) is 1. The van der Waals surface area contributed by atoms with Crippen molar-refractivity contribution in [2.24, 2.45) is 5.73 Å². The first-order chi connectivity index (χ1) is 7.15. The number of hydrogen-bond acceptors (Lipinski definition) is 2. The Morgan fingerprint density at radius 1 is 1.53 bits per heavy atom. The van der Waals surface area contributed by atoms with Crippen molar-refractivity contribution in [3.63, 3.8) is 0 Å². The third kappa shape index (κ3) is 1.90. The maximum absolute atomic E-state index is 12.1. The molecule has 2 N–H and O–H groups in total. The third-order valence-corrected chi connectivity index (χ3v) is 5.17. The summed E-state index contributed by atoms with van der Waals surface area (Å²) >= 11 is 3.42. The van der Waals surface area contributed by atoms with Crippen LogP contribution in [-0.2, 0) is 10.8 Å². The normalized spacial score (nSPS) is 29.1. The molecule has 82 valence electrons. The van der Waals surface area contributed by atoms with Crippen molar-refractivity contribution in [2.75, 3.05) is 0 Å². The van der Waals surface area contributed by atoms with Crippen LogP contribution in [0.2, 0.25) is 0 Å². The molecule has 0 saturated carbocycles. The lowest BCUT2D eigenvalue weighted by atomic mass is 10.0. The van der Waals surface area contributed by atoms with Crippen LogP contribution < -0.4 is 5.73 Å². The third-order valence-electron chi connectivity index (χ3n) is 2.80. The Bertz CT molecular complexity index is 408. The second kappa shape index (κ2) is 4.36. The molecule has 1 aromatic carbocycles. The van der Waals surface area contributed by atoms with Crippen LogP contribution in [0.3, 0.4) is 0 Å². The van der Waals surface area contributed by atoms with E-state index < -0.39 is 10.8 Å². The smallest absolute Gasteiger partial charge is 0.0587 e. The van der Waals surface area contributed by atoms with Crippen LogP contribution in [0.5, 0.6) is 0 Å². The van der Waals surface area contributed by atoms with Gasteiger partial charge in [-0.15, -0.1) is 0 Å². The van der Waals surface area contributed by atoms with E-state index >= 15 is 0 Å². The van der Waals surface area contributed by atoms with Crippen molar-refractivity contribution in [3.8, 4) is 0 Å². The van der Waals surface area contributed by atoms with E-state index in [1.54, 1.807) is 0 Å². The molecule has 0 bridgehead atoms. The molecule has 0 amide bonds. The highest BCUT2D eigenvalue weighted by Crippen LogP contribution is 2.38. The average Bonchev–Trinajstić information content (AvgIpc) is 2.44. The van der Waals surface area contributed by atoms with Gasteiger partial charge in [0.1, 0.15) is 0 Å². The molecule has 3 unspecified atom stereocenters. The maximum Gasteiger partial charge on any atom is 0.0587 e. The highest BCUT2D eigenvalue weighted by atomic mass is 79.9. The molecule has 3 atom stereocenters. The predicted molar refractivity (Wildman–Crippen MR) is 66.2 cm³/mol. The van der Waals surface area contributed by atoms with Crippen molar-refractivity contribution in [3.05, 3.63) is 28.2 Å². The van der Waals surface area contributed by atoms with Gasteiger partial charge in [0.2, 0.25) is 0 Å². The molecule has 1 aliphatic heterocycles. The van der Waals surface area contributed by atoms with Crippen LogP contribution in [0.1, 0.15) is 31.4 Å². The van der Waals surface area contributed by atoms with Gasteiger partial charge in [0, 0.05) is 15.4 Å². The van der Waals surface area contributed by atoms with Crippen molar-refractivity contribution >= 4 is 26.7 Å². The molecule has 0 radical (unpaired) electrons. The summed E-state index contributed by atoms with van der Waals surface area (Å²) in [5.41, 5.74) is 7.16. The van der Waals surface area contributed by atoms with Crippen LogP contribution in [0, 0.1) is 0 Å². The zero-order valence-electron chi connectivity index (χ0n) is 8.57. The molecule has 0 aliphatic carbocycles. The van der Waals surface area contributed by atoms with Gasteiger partial charge in [0.25, 0.3) is 0 Å². The lowest BCUT2D eigenvalue weighted by Gasteiger charge is -2.12. The monoisotopic (exact) mass is 287 g/mol. The molecular formula is C11H14BrNOS. The summed E-state index contributed by atoms with van der Waals surface area (Å²) in [5, 5.41) is 0.0966. The average molecular weight is 288 g/mol. The topological polar surface area (TPSA) is 43.1 Å². The van der Waals surface area contributed by atoms with Crippen molar-refractivity contribution < 1.29 is 4.21 Å². The van der Waals surface area contributed by atoms with Gasteiger partial charge in [-0.3, -0.25) is 4.21 Å². The Kier molecular flexibility index (Phi) is 3.28. The minimum Gasteiger partial charge on any atom is -0.323 e. The first kappa shape index (κ1) is 11.3. The highest BCUT2D eigenvalue weighted by Gasteiger charge is 2.35. The quantitative estimate of drug-likeness (QED) is 0.909.